The first kappa shape index (κ1) is 32.6. The maximum atomic E-state index is 13.6. The largest absolute Gasteiger partial charge is 0.484 e. The van der Waals surface area contributed by atoms with Crippen LogP contribution in [0.5, 0.6) is 0 Å². The van der Waals surface area contributed by atoms with E-state index in [0.717, 1.165) is 17.3 Å². The van der Waals surface area contributed by atoms with E-state index in [0.29, 0.717) is 6.42 Å². The Hall–Kier alpha value is -1.87. The molecule has 0 saturated carbocycles. The number of ether oxygens (including phenoxy) is 2. The van der Waals surface area contributed by atoms with Gasteiger partial charge >= 0.3 is 13.8 Å². The van der Waals surface area contributed by atoms with E-state index in [4.69, 9.17) is 18.5 Å². The van der Waals surface area contributed by atoms with Crippen molar-refractivity contribution in [3.63, 3.8) is 0 Å². The highest BCUT2D eigenvalue weighted by atomic mass is 32.2. The Morgan fingerprint density at radius 2 is 2.02 bits per heavy atom. The van der Waals surface area contributed by atoms with E-state index >= 15 is 0 Å². The Morgan fingerprint density at radius 1 is 1.32 bits per heavy atom. The van der Waals surface area contributed by atoms with Crippen molar-refractivity contribution < 1.29 is 48.0 Å². The van der Waals surface area contributed by atoms with Crippen LogP contribution in [0.1, 0.15) is 32.8 Å². The minimum absolute atomic E-state index is 0.118. The van der Waals surface area contributed by atoms with Crippen LogP contribution in [0.25, 0.3) is 0 Å². The third-order valence-corrected chi connectivity index (χ3v) is 9.30. The highest BCUT2D eigenvalue weighted by Crippen LogP contribution is 2.46. The normalized spacial score (nSPS) is 26.9. The summed E-state index contributed by atoms with van der Waals surface area (Å²) >= 11 is 0.942. The number of rotatable bonds is 13. The topological polar surface area (TPSA) is 176 Å². The molecular formula is C25H38N3O10PS. The van der Waals surface area contributed by atoms with Crippen LogP contribution in [0.4, 0.5) is 4.79 Å². The van der Waals surface area contributed by atoms with Crippen molar-refractivity contribution in [1.29, 1.82) is 0 Å². The summed E-state index contributed by atoms with van der Waals surface area (Å²) in [6.07, 6.45) is -3.58. The molecule has 5 atom stereocenters. The molecule has 13 nitrogen and oxygen atoms in total. The highest BCUT2D eigenvalue weighted by molar-refractivity contribution is 8.13. The van der Waals surface area contributed by atoms with Gasteiger partial charge < -0.3 is 24.8 Å². The van der Waals surface area contributed by atoms with Crippen LogP contribution < -0.4 is 5.09 Å². The third kappa shape index (κ3) is 8.11. The summed E-state index contributed by atoms with van der Waals surface area (Å²) in [4.78, 5) is 29.8. The van der Waals surface area contributed by atoms with Crippen molar-refractivity contribution in [2.75, 3.05) is 39.2 Å². The molecule has 0 bridgehead atoms. The number of benzene rings is 1. The van der Waals surface area contributed by atoms with E-state index in [2.05, 4.69) is 10.1 Å². The minimum Gasteiger partial charge on any atom is -0.484 e. The summed E-state index contributed by atoms with van der Waals surface area (Å²) in [5, 5.41) is 33.7. The minimum atomic E-state index is -4.01. The van der Waals surface area contributed by atoms with Gasteiger partial charge in [0.05, 0.1) is 32.3 Å². The van der Waals surface area contributed by atoms with Crippen LogP contribution >= 0.6 is 19.5 Å². The van der Waals surface area contributed by atoms with Crippen molar-refractivity contribution in [3.8, 4) is 0 Å². The Morgan fingerprint density at radius 3 is 2.65 bits per heavy atom. The van der Waals surface area contributed by atoms with Gasteiger partial charge in [-0.3, -0.25) is 18.7 Å². The summed E-state index contributed by atoms with van der Waals surface area (Å²) in [5.74, 6) is 0.407. The number of amides is 2. The Labute approximate surface area is 237 Å². The zero-order chi connectivity index (χ0) is 29.6. The van der Waals surface area contributed by atoms with E-state index in [1.807, 2.05) is 30.3 Å². The van der Waals surface area contributed by atoms with Gasteiger partial charge in [0.15, 0.2) is 17.2 Å². The van der Waals surface area contributed by atoms with Crippen molar-refractivity contribution in [3.05, 3.63) is 35.9 Å². The molecule has 1 aromatic carbocycles. The maximum Gasteiger partial charge on any atom is 0.405 e. The van der Waals surface area contributed by atoms with Crippen molar-refractivity contribution in [1.82, 2.24) is 9.99 Å². The average molecular weight is 604 g/mol. The van der Waals surface area contributed by atoms with Crippen molar-refractivity contribution >= 4 is 36.6 Å². The van der Waals surface area contributed by atoms with Gasteiger partial charge in [0.2, 0.25) is 0 Å². The lowest BCUT2D eigenvalue weighted by molar-refractivity contribution is -0.119. The maximum absolute atomic E-state index is 13.6. The van der Waals surface area contributed by atoms with Gasteiger partial charge in [0.25, 0.3) is 0 Å². The number of aliphatic hydroxyl groups is 3. The lowest BCUT2D eigenvalue weighted by Crippen LogP contribution is -2.55. The average Bonchev–Trinajstić information content (AvgIpc) is 3.17. The molecule has 2 aliphatic rings. The van der Waals surface area contributed by atoms with Crippen molar-refractivity contribution in [2.45, 2.75) is 57.8 Å². The molecule has 0 radical (unpaired) electrons. The molecule has 2 heterocycles. The summed E-state index contributed by atoms with van der Waals surface area (Å²) in [5.41, 5.74) is -1.99. The highest BCUT2D eigenvalue weighted by Gasteiger charge is 2.56. The first-order valence-electron chi connectivity index (χ1n) is 12.8. The van der Waals surface area contributed by atoms with Crippen LogP contribution in [0.15, 0.2) is 35.3 Å². The summed E-state index contributed by atoms with van der Waals surface area (Å²) in [6, 6.07) is 8.44. The van der Waals surface area contributed by atoms with Gasteiger partial charge in [-0.1, -0.05) is 42.1 Å². The molecule has 0 spiro atoms. The Kier molecular flexibility index (Phi) is 11.3. The number of thioether (sulfide) groups is 1. The number of methoxy groups -OCH3 is 1. The van der Waals surface area contributed by atoms with Gasteiger partial charge in [0.1, 0.15) is 17.8 Å². The third-order valence-electron chi connectivity index (χ3n) is 6.56. The van der Waals surface area contributed by atoms with Crippen LogP contribution in [0.2, 0.25) is 0 Å². The molecule has 2 aliphatic heterocycles. The summed E-state index contributed by atoms with van der Waals surface area (Å²) < 4.78 is 35.7. The summed E-state index contributed by atoms with van der Waals surface area (Å²) in [6.45, 7) is 3.99. The number of carbonyl (C=O) groups excluding carboxylic acids is 2. The second-order valence-electron chi connectivity index (χ2n) is 10.3. The number of nitrogens with one attached hydrogen (secondary N) is 1. The molecule has 1 aromatic rings. The fraction of sp³-hybridized carbons (Fsp3) is 0.640. The van der Waals surface area contributed by atoms with Gasteiger partial charge in [-0.25, -0.2) is 14.4 Å². The van der Waals surface area contributed by atoms with Crippen LogP contribution in [-0.2, 0) is 34.4 Å². The molecule has 2 amide bonds. The second kappa shape index (κ2) is 13.9. The molecule has 40 heavy (non-hydrogen) atoms. The first-order valence-corrected chi connectivity index (χ1v) is 15.3. The van der Waals surface area contributed by atoms with Crippen LogP contribution in [0.3, 0.4) is 0 Å². The van der Waals surface area contributed by atoms with E-state index < -0.39 is 49.8 Å². The molecular weight excluding hydrogens is 565 g/mol. The lowest BCUT2D eigenvalue weighted by Gasteiger charge is -2.36. The molecule has 4 N–H and O–H groups in total. The number of aliphatic hydroxyl groups excluding tert-OH is 2. The standard InChI is InChI=1S/C25H38N3O10PS/c1-24(2,16-29)22(31)40-13-12-36-39(34,26-14-17-8-6-5-7-9-17)37-15-18-20(30)25(3,33)21(38-18)28-11-10-19(35-4)27-23(28)32/h5-9,18,20-21,29-30,33H,10-16H2,1-4H3,(H,26,34)/t18-,20-,21-,25-,39?/m1/s1. The first-order chi connectivity index (χ1) is 18.8. The van der Waals surface area contributed by atoms with E-state index in [9.17, 15) is 29.5 Å². The lowest BCUT2D eigenvalue weighted by atomic mass is 9.96. The number of aliphatic imine (C=N–C) groups is 1. The predicted octanol–water partition coefficient (Wildman–Crippen LogP) is 1.90. The molecule has 0 aromatic heterocycles. The SMILES string of the molecule is COC1=NC(=O)N([C@@H]2O[C@H](COP(=O)(NCc3ccccc3)OCCSC(=O)C(C)(C)CO)[C@@H](O)[C@@]2(C)O)CC1. The predicted molar refractivity (Wildman–Crippen MR) is 148 cm³/mol. The van der Waals surface area contributed by atoms with Gasteiger partial charge in [-0.15, -0.1) is 0 Å². The zero-order valence-electron chi connectivity index (χ0n) is 23.0. The zero-order valence-corrected chi connectivity index (χ0v) is 24.7. The number of hydrogen-bond donors (Lipinski definition) is 4. The van der Waals surface area contributed by atoms with Crippen LogP contribution in [0, 0.1) is 5.41 Å². The van der Waals surface area contributed by atoms with E-state index in [-0.39, 0.29) is 43.1 Å². The monoisotopic (exact) mass is 603 g/mol. The van der Waals surface area contributed by atoms with Crippen molar-refractivity contribution in [2.24, 2.45) is 10.4 Å². The number of urea groups is 1. The second-order valence-corrected chi connectivity index (χ2v) is 13.2. The number of carbonyl (C=O) groups is 2. The summed E-state index contributed by atoms with van der Waals surface area (Å²) in [7, 11) is -2.60. The molecule has 224 valence electrons. The molecule has 1 saturated heterocycles. The van der Waals surface area contributed by atoms with Crippen LogP contribution in [-0.4, -0.2) is 101 Å². The quantitative estimate of drug-likeness (QED) is 0.191. The fourth-order valence-electron chi connectivity index (χ4n) is 3.96. The van der Waals surface area contributed by atoms with Gasteiger partial charge in [0, 0.05) is 25.3 Å². The number of hydrogen-bond acceptors (Lipinski definition) is 11. The van der Waals surface area contributed by atoms with Gasteiger partial charge in [-0.05, 0) is 26.3 Å². The number of nitrogens with zero attached hydrogens (tertiary/aromatic N) is 2. The molecule has 1 unspecified atom stereocenters. The van der Waals surface area contributed by atoms with E-state index in [1.165, 1.54) is 18.9 Å². The molecule has 3 rings (SSSR count). The molecule has 0 aliphatic carbocycles. The Bertz CT molecular complexity index is 1100. The van der Waals surface area contributed by atoms with E-state index in [1.54, 1.807) is 13.8 Å². The molecule has 1 fully saturated rings. The molecule has 15 heteroatoms. The smallest absolute Gasteiger partial charge is 0.405 e. The van der Waals surface area contributed by atoms with Gasteiger partial charge in [-0.2, -0.15) is 4.99 Å². The fourth-order valence-corrected chi connectivity index (χ4v) is 6.20. The Balaban J connectivity index is 1.65.